The van der Waals surface area contributed by atoms with Crippen LogP contribution in [0.25, 0.3) is 0 Å². The van der Waals surface area contributed by atoms with Gasteiger partial charge in [0.05, 0.1) is 12.3 Å². The maximum atomic E-state index is 12.3. The first-order chi connectivity index (χ1) is 8.41. The Kier molecular flexibility index (Phi) is 5.17. The fraction of sp³-hybridized carbons (Fsp3) is 0.500. The molecule has 0 saturated carbocycles. The number of alkyl halides is 1. The molecule has 0 radical (unpaired) electrons. The van der Waals surface area contributed by atoms with Gasteiger partial charge >= 0.3 is 0 Å². The van der Waals surface area contributed by atoms with Crippen LogP contribution >= 0.6 is 11.6 Å². The zero-order chi connectivity index (χ0) is 13.8. The van der Waals surface area contributed by atoms with Crippen LogP contribution in [0.15, 0.2) is 24.3 Å². The third kappa shape index (κ3) is 3.47. The third-order valence-corrected chi connectivity index (χ3v) is 2.70. The van der Waals surface area contributed by atoms with Crippen LogP contribution in [0.3, 0.4) is 0 Å². The lowest BCUT2D eigenvalue weighted by molar-refractivity contribution is -0.127. The first kappa shape index (κ1) is 15.0. The van der Waals surface area contributed by atoms with E-state index in [1.54, 1.807) is 13.8 Å². The summed E-state index contributed by atoms with van der Waals surface area (Å²) in [5, 5.41) is 1.31. The minimum absolute atomic E-state index is 0.257. The average molecular weight is 270 g/mol. The molecule has 0 aliphatic carbocycles. The fourth-order valence-electron chi connectivity index (χ4n) is 1.62. The average Bonchev–Trinajstić information content (AvgIpc) is 2.34. The quantitative estimate of drug-likeness (QED) is 0.604. The van der Waals surface area contributed by atoms with Gasteiger partial charge in [-0.05, 0) is 38.8 Å². The van der Waals surface area contributed by atoms with Gasteiger partial charge in [-0.25, -0.2) is 0 Å². The molecule has 18 heavy (non-hydrogen) atoms. The second-order valence-electron chi connectivity index (χ2n) is 4.47. The molecule has 0 atom stereocenters. The lowest BCUT2D eigenvalue weighted by Gasteiger charge is -2.28. The monoisotopic (exact) mass is 269 g/mol. The largest absolute Gasteiger partial charge is 0.271 e. The Bertz CT molecular complexity index is 413. The molecular weight excluding hydrogens is 250 g/mol. The van der Waals surface area contributed by atoms with E-state index in [4.69, 9.17) is 16.4 Å². The van der Waals surface area contributed by atoms with Crippen molar-refractivity contribution in [3.05, 3.63) is 29.8 Å². The molecule has 0 N–H and O–H groups in total. The number of carbonyl (C=O) groups is 1. The van der Waals surface area contributed by atoms with Crippen molar-refractivity contribution in [3.63, 3.8) is 0 Å². The minimum Gasteiger partial charge on any atom is -0.270 e. The van der Waals surface area contributed by atoms with Gasteiger partial charge in [-0.1, -0.05) is 25.1 Å². The summed E-state index contributed by atoms with van der Waals surface area (Å²) in [4.78, 5) is 16.8. The molecule has 0 saturated heterocycles. The number of nitrogens with zero attached hydrogens (tertiary/aromatic N) is 1. The van der Waals surface area contributed by atoms with Gasteiger partial charge in [-0.15, -0.1) is 11.6 Å². The highest BCUT2D eigenvalue weighted by Crippen LogP contribution is 2.26. The number of amides is 1. The molecular formula is C14H20ClNO2. The summed E-state index contributed by atoms with van der Waals surface area (Å²) in [6, 6.07) is 7.68. The molecule has 1 aromatic carbocycles. The maximum Gasteiger partial charge on any atom is 0.271 e. The standard InChI is InChI=1S/C14H20ClNO2/c1-5-11-9-7-8-10-12(11)16(18-6-2)13(17)14(3,4)15/h7-10H,5-6H2,1-4H3. The molecule has 0 spiro atoms. The summed E-state index contributed by atoms with van der Waals surface area (Å²) in [6.07, 6.45) is 0.829. The Hall–Kier alpha value is -1.06. The van der Waals surface area contributed by atoms with Crippen molar-refractivity contribution in [2.24, 2.45) is 0 Å². The van der Waals surface area contributed by atoms with Gasteiger partial charge in [0.2, 0.25) is 0 Å². The van der Waals surface area contributed by atoms with Crippen LogP contribution < -0.4 is 5.06 Å². The summed E-state index contributed by atoms with van der Waals surface area (Å²) >= 11 is 6.09. The third-order valence-electron chi connectivity index (χ3n) is 2.54. The van der Waals surface area contributed by atoms with Crippen molar-refractivity contribution in [1.82, 2.24) is 0 Å². The smallest absolute Gasteiger partial charge is 0.270 e. The number of hydroxylamine groups is 1. The van der Waals surface area contributed by atoms with Crippen LogP contribution in [0.2, 0.25) is 0 Å². The van der Waals surface area contributed by atoms with Crippen LogP contribution in [0.5, 0.6) is 0 Å². The maximum absolute atomic E-state index is 12.3. The first-order valence-corrected chi connectivity index (χ1v) is 6.53. The van der Waals surface area contributed by atoms with Gasteiger partial charge in [0, 0.05) is 0 Å². The summed E-state index contributed by atoms with van der Waals surface area (Å²) in [5.74, 6) is -0.257. The Morgan fingerprint density at radius 3 is 2.44 bits per heavy atom. The molecule has 0 bridgehead atoms. The summed E-state index contributed by atoms with van der Waals surface area (Å²) in [7, 11) is 0. The Morgan fingerprint density at radius 2 is 1.94 bits per heavy atom. The van der Waals surface area contributed by atoms with Gasteiger partial charge in [-0.2, -0.15) is 5.06 Å². The van der Waals surface area contributed by atoms with E-state index in [0.29, 0.717) is 6.61 Å². The van der Waals surface area contributed by atoms with Crippen LogP contribution in [0.4, 0.5) is 5.69 Å². The molecule has 0 unspecified atom stereocenters. The fourth-order valence-corrected chi connectivity index (χ4v) is 1.69. The highest BCUT2D eigenvalue weighted by atomic mass is 35.5. The predicted molar refractivity (Wildman–Crippen MR) is 74.9 cm³/mol. The lowest BCUT2D eigenvalue weighted by atomic mass is 10.1. The van der Waals surface area contributed by atoms with E-state index in [1.165, 1.54) is 5.06 Å². The zero-order valence-electron chi connectivity index (χ0n) is 11.4. The number of carbonyl (C=O) groups excluding carboxylic acids is 1. The van der Waals surface area contributed by atoms with Gasteiger partial charge < -0.3 is 0 Å². The number of hydrogen-bond acceptors (Lipinski definition) is 2. The Morgan fingerprint density at radius 1 is 1.33 bits per heavy atom. The van der Waals surface area contributed by atoms with Crippen molar-refractivity contribution in [2.45, 2.75) is 39.0 Å². The molecule has 100 valence electrons. The van der Waals surface area contributed by atoms with E-state index >= 15 is 0 Å². The van der Waals surface area contributed by atoms with Crippen molar-refractivity contribution < 1.29 is 9.63 Å². The van der Waals surface area contributed by atoms with Gasteiger partial charge in [-0.3, -0.25) is 9.63 Å². The minimum atomic E-state index is -0.990. The summed E-state index contributed by atoms with van der Waals surface area (Å²) < 4.78 is 0. The number of aryl methyl sites for hydroxylation is 1. The molecule has 0 aromatic heterocycles. The van der Waals surface area contributed by atoms with Crippen LogP contribution in [-0.2, 0) is 16.1 Å². The Balaban J connectivity index is 3.16. The summed E-state index contributed by atoms with van der Waals surface area (Å²) in [5.41, 5.74) is 1.82. The molecule has 0 aliphatic heterocycles. The number of anilines is 1. The van der Waals surface area contributed by atoms with E-state index in [-0.39, 0.29) is 5.91 Å². The van der Waals surface area contributed by atoms with Gasteiger partial charge in [0.15, 0.2) is 0 Å². The SMILES string of the molecule is CCON(C(=O)C(C)(C)Cl)c1ccccc1CC. The normalized spacial score (nSPS) is 11.4. The topological polar surface area (TPSA) is 29.5 Å². The van der Waals surface area contributed by atoms with Crippen molar-refractivity contribution in [2.75, 3.05) is 11.7 Å². The van der Waals surface area contributed by atoms with E-state index in [2.05, 4.69) is 0 Å². The molecule has 1 amide bonds. The van der Waals surface area contributed by atoms with E-state index in [9.17, 15) is 4.79 Å². The van der Waals surface area contributed by atoms with Gasteiger partial charge in [0.1, 0.15) is 4.87 Å². The van der Waals surface area contributed by atoms with Gasteiger partial charge in [0.25, 0.3) is 5.91 Å². The zero-order valence-corrected chi connectivity index (χ0v) is 12.1. The molecule has 1 rings (SSSR count). The number of para-hydroxylation sites is 1. The number of halogens is 1. The van der Waals surface area contributed by atoms with Crippen molar-refractivity contribution in [1.29, 1.82) is 0 Å². The first-order valence-electron chi connectivity index (χ1n) is 6.16. The Labute approximate surface area is 114 Å². The predicted octanol–water partition coefficient (Wildman–Crippen LogP) is 3.55. The van der Waals surface area contributed by atoms with Crippen LogP contribution in [-0.4, -0.2) is 17.4 Å². The molecule has 3 nitrogen and oxygen atoms in total. The number of benzene rings is 1. The summed E-state index contributed by atoms with van der Waals surface area (Å²) in [6.45, 7) is 7.63. The highest BCUT2D eigenvalue weighted by molar-refractivity contribution is 6.36. The second kappa shape index (κ2) is 6.21. The number of rotatable bonds is 5. The van der Waals surface area contributed by atoms with Crippen LogP contribution in [0, 0.1) is 0 Å². The lowest BCUT2D eigenvalue weighted by Crippen LogP contribution is -2.42. The van der Waals surface area contributed by atoms with Crippen molar-refractivity contribution >= 4 is 23.2 Å². The molecule has 0 heterocycles. The second-order valence-corrected chi connectivity index (χ2v) is 5.42. The molecule has 1 aromatic rings. The van der Waals surface area contributed by atoms with E-state index < -0.39 is 4.87 Å². The van der Waals surface area contributed by atoms with E-state index in [0.717, 1.165) is 17.7 Å². The molecule has 4 heteroatoms. The van der Waals surface area contributed by atoms with Crippen LogP contribution in [0.1, 0.15) is 33.3 Å². The van der Waals surface area contributed by atoms with E-state index in [1.807, 2.05) is 38.1 Å². The molecule has 0 aliphatic rings. The van der Waals surface area contributed by atoms with Crippen molar-refractivity contribution in [3.8, 4) is 0 Å². The number of hydrogen-bond donors (Lipinski definition) is 0. The highest BCUT2D eigenvalue weighted by Gasteiger charge is 2.32. The molecule has 0 fully saturated rings.